The van der Waals surface area contributed by atoms with Crippen molar-refractivity contribution in [2.45, 2.75) is 26.0 Å². The highest BCUT2D eigenvalue weighted by Crippen LogP contribution is 2.31. The fraction of sp³-hybridized carbons (Fsp3) is 0.357. The second kappa shape index (κ2) is 5.11. The van der Waals surface area contributed by atoms with Crippen molar-refractivity contribution < 1.29 is 13.5 Å². The number of ether oxygens (including phenoxy) is 1. The Kier molecular flexibility index (Phi) is 3.30. The first-order chi connectivity index (χ1) is 9.65. The second-order valence-electron chi connectivity index (χ2n) is 4.80. The molecule has 0 spiro atoms. The molecule has 106 valence electrons. The molecule has 20 heavy (non-hydrogen) atoms. The molecule has 1 atom stereocenters. The summed E-state index contributed by atoms with van der Waals surface area (Å²) in [6.45, 7) is 0.0837. The van der Waals surface area contributed by atoms with Crippen LogP contribution in [0.25, 0.3) is 0 Å². The van der Waals surface area contributed by atoms with Crippen molar-refractivity contribution in [3.63, 3.8) is 0 Å². The summed E-state index contributed by atoms with van der Waals surface area (Å²) in [5.74, 6) is 1.20. The molecule has 0 aliphatic carbocycles. The second-order valence-corrected chi connectivity index (χ2v) is 4.80. The Balaban J connectivity index is 1.87. The van der Waals surface area contributed by atoms with Crippen LogP contribution in [0.1, 0.15) is 23.6 Å². The molecule has 1 aromatic carbocycles. The number of benzene rings is 1. The van der Waals surface area contributed by atoms with Crippen molar-refractivity contribution in [3.8, 4) is 5.75 Å². The molecule has 4 nitrogen and oxygen atoms in total. The van der Waals surface area contributed by atoms with Gasteiger partial charge >= 0.3 is 6.61 Å². The Labute approximate surface area is 115 Å². The Morgan fingerprint density at radius 2 is 2.10 bits per heavy atom. The summed E-state index contributed by atoms with van der Waals surface area (Å²) in [5, 5.41) is 7.71. The summed E-state index contributed by atoms with van der Waals surface area (Å²) in [4.78, 5) is 0. The van der Waals surface area contributed by atoms with E-state index in [0.717, 1.165) is 29.9 Å². The lowest BCUT2D eigenvalue weighted by molar-refractivity contribution is -0.0498. The van der Waals surface area contributed by atoms with E-state index >= 15 is 0 Å². The van der Waals surface area contributed by atoms with Gasteiger partial charge in [-0.3, -0.25) is 0 Å². The molecule has 0 amide bonds. The Hall–Kier alpha value is -2.11. The Bertz CT molecular complexity index is 595. The molecule has 1 unspecified atom stereocenters. The number of nitrogens with one attached hydrogen (secondary N) is 1. The largest absolute Gasteiger partial charge is 0.435 e. The van der Waals surface area contributed by atoms with E-state index in [4.69, 9.17) is 0 Å². The quantitative estimate of drug-likeness (QED) is 0.937. The molecule has 6 heteroatoms. The number of aromatic nitrogens is 2. The van der Waals surface area contributed by atoms with E-state index < -0.39 is 6.61 Å². The van der Waals surface area contributed by atoms with Crippen LogP contribution in [0.2, 0.25) is 0 Å². The zero-order valence-corrected chi connectivity index (χ0v) is 11.0. The highest BCUT2D eigenvalue weighted by Gasteiger charge is 2.23. The smallest absolute Gasteiger partial charge is 0.387 e. The fourth-order valence-corrected chi connectivity index (χ4v) is 2.53. The van der Waals surface area contributed by atoms with Crippen molar-refractivity contribution >= 4 is 5.82 Å². The third kappa shape index (κ3) is 2.33. The molecule has 0 saturated heterocycles. The highest BCUT2D eigenvalue weighted by atomic mass is 19.3. The van der Waals surface area contributed by atoms with Gasteiger partial charge in [0.1, 0.15) is 11.6 Å². The lowest BCUT2D eigenvalue weighted by Crippen LogP contribution is -2.24. The maximum atomic E-state index is 12.1. The minimum absolute atomic E-state index is 0.126. The van der Waals surface area contributed by atoms with Gasteiger partial charge in [0.15, 0.2) is 0 Å². The predicted molar refractivity (Wildman–Crippen MR) is 71.3 cm³/mol. The van der Waals surface area contributed by atoms with E-state index in [1.54, 1.807) is 12.1 Å². The lowest BCUT2D eigenvalue weighted by atomic mass is 10.0. The van der Waals surface area contributed by atoms with Crippen LogP contribution in [0.3, 0.4) is 0 Å². The molecule has 0 radical (unpaired) electrons. The van der Waals surface area contributed by atoms with Crippen molar-refractivity contribution in [2.75, 3.05) is 11.9 Å². The van der Waals surface area contributed by atoms with Gasteiger partial charge in [0, 0.05) is 12.1 Å². The van der Waals surface area contributed by atoms with Gasteiger partial charge in [0.25, 0.3) is 0 Å². The minimum Gasteiger partial charge on any atom is -0.435 e. The van der Waals surface area contributed by atoms with Crippen molar-refractivity contribution in [2.24, 2.45) is 0 Å². The first-order valence-electron chi connectivity index (χ1n) is 6.48. The van der Waals surface area contributed by atoms with E-state index in [1.807, 2.05) is 29.9 Å². The van der Waals surface area contributed by atoms with Gasteiger partial charge in [-0.2, -0.15) is 13.9 Å². The molecule has 2 aromatic rings. The van der Waals surface area contributed by atoms with Crippen LogP contribution in [0, 0.1) is 6.92 Å². The topological polar surface area (TPSA) is 39.1 Å². The molecule has 1 aromatic heterocycles. The van der Waals surface area contributed by atoms with Crippen LogP contribution in [0.4, 0.5) is 14.6 Å². The first kappa shape index (κ1) is 12.9. The number of hydrogen-bond acceptors (Lipinski definition) is 3. The number of nitrogens with zero attached hydrogens (tertiary/aromatic N) is 2. The van der Waals surface area contributed by atoms with Crippen LogP contribution >= 0.6 is 0 Å². The van der Waals surface area contributed by atoms with E-state index in [1.165, 1.54) is 0 Å². The minimum atomic E-state index is -2.79. The van der Waals surface area contributed by atoms with Crippen LogP contribution in [-0.4, -0.2) is 22.9 Å². The van der Waals surface area contributed by atoms with Crippen LogP contribution in [0.15, 0.2) is 30.5 Å². The maximum Gasteiger partial charge on any atom is 0.387 e. The SMILES string of the molecule is Cc1cnn2c1NCCC2c1ccc(OC(F)F)cc1. The third-order valence-corrected chi connectivity index (χ3v) is 3.47. The van der Waals surface area contributed by atoms with Crippen molar-refractivity contribution in [3.05, 3.63) is 41.6 Å². The van der Waals surface area contributed by atoms with Crippen LogP contribution in [0.5, 0.6) is 5.75 Å². The van der Waals surface area contributed by atoms with E-state index in [9.17, 15) is 8.78 Å². The zero-order valence-electron chi connectivity index (χ0n) is 11.0. The van der Waals surface area contributed by atoms with Gasteiger partial charge in [0.2, 0.25) is 0 Å². The number of hydrogen-bond donors (Lipinski definition) is 1. The summed E-state index contributed by atoms with van der Waals surface area (Å²) in [5.41, 5.74) is 2.14. The summed E-state index contributed by atoms with van der Waals surface area (Å²) in [7, 11) is 0. The molecular formula is C14H15F2N3O. The summed E-state index contributed by atoms with van der Waals surface area (Å²) >= 11 is 0. The molecule has 0 saturated carbocycles. The predicted octanol–water partition coefficient (Wildman–Crippen LogP) is 3.20. The van der Waals surface area contributed by atoms with Crippen LogP contribution in [-0.2, 0) is 0 Å². The Morgan fingerprint density at radius 3 is 2.80 bits per heavy atom. The molecule has 1 aliphatic heterocycles. The normalized spacial score (nSPS) is 17.7. The van der Waals surface area contributed by atoms with Crippen LogP contribution < -0.4 is 10.1 Å². The number of alkyl halides is 2. The van der Waals surface area contributed by atoms with Gasteiger partial charge < -0.3 is 10.1 Å². The van der Waals surface area contributed by atoms with Crippen molar-refractivity contribution in [1.82, 2.24) is 9.78 Å². The van der Waals surface area contributed by atoms with Gasteiger partial charge in [-0.15, -0.1) is 0 Å². The number of halogens is 2. The molecular weight excluding hydrogens is 264 g/mol. The van der Waals surface area contributed by atoms with E-state index in [2.05, 4.69) is 15.2 Å². The summed E-state index contributed by atoms with van der Waals surface area (Å²) in [6.07, 6.45) is 2.73. The molecule has 2 heterocycles. The number of rotatable bonds is 3. The van der Waals surface area contributed by atoms with E-state index in [-0.39, 0.29) is 11.8 Å². The van der Waals surface area contributed by atoms with Gasteiger partial charge in [-0.05, 0) is 31.0 Å². The molecule has 1 aliphatic rings. The highest BCUT2D eigenvalue weighted by molar-refractivity contribution is 5.46. The lowest BCUT2D eigenvalue weighted by Gasteiger charge is -2.26. The van der Waals surface area contributed by atoms with Gasteiger partial charge in [-0.1, -0.05) is 12.1 Å². The molecule has 0 bridgehead atoms. The average Bonchev–Trinajstić information content (AvgIpc) is 2.81. The monoisotopic (exact) mass is 279 g/mol. The average molecular weight is 279 g/mol. The Morgan fingerprint density at radius 1 is 1.35 bits per heavy atom. The third-order valence-electron chi connectivity index (χ3n) is 3.47. The van der Waals surface area contributed by atoms with E-state index in [0.29, 0.717) is 0 Å². The van der Waals surface area contributed by atoms with Crippen molar-refractivity contribution in [1.29, 1.82) is 0 Å². The molecule has 3 rings (SSSR count). The molecule has 0 fully saturated rings. The summed E-state index contributed by atoms with van der Waals surface area (Å²) in [6, 6.07) is 6.89. The first-order valence-corrected chi connectivity index (χ1v) is 6.48. The number of aryl methyl sites for hydroxylation is 1. The fourth-order valence-electron chi connectivity index (χ4n) is 2.53. The van der Waals surface area contributed by atoms with Gasteiger partial charge in [0.05, 0.1) is 12.2 Å². The maximum absolute atomic E-state index is 12.1. The number of fused-ring (bicyclic) bond motifs is 1. The summed E-state index contributed by atoms with van der Waals surface area (Å²) < 4.78 is 30.6. The standard InChI is InChI=1S/C14H15F2N3O/c1-9-8-18-19-12(6-7-17-13(9)19)10-2-4-11(5-3-10)20-14(15)16/h2-5,8,12,14,17H,6-7H2,1H3. The van der Waals surface area contributed by atoms with Gasteiger partial charge in [-0.25, -0.2) is 4.68 Å². The molecule has 1 N–H and O–H groups in total. The zero-order chi connectivity index (χ0) is 14.1. The number of anilines is 1.